The van der Waals surface area contributed by atoms with Gasteiger partial charge in [0.15, 0.2) is 0 Å². The van der Waals surface area contributed by atoms with Gasteiger partial charge in [-0.2, -0.15) is 0 Å². The van der Waals surface area contributed by atoms with E-state index in [4.69, 9.17) is 0 Å². The Hall–Kier alpha value is -2.34. The lowest BCUT2D eigenvalue weighted by Gasteiger charge is -2.14. The SMILES string of the molecule is CCc1ccc(C(C)NC(=O)CSCc2ccc([N+](=O)[O-])cc2)cc1. The third-order valence-corrected chi connectivity index (χ3v) is 4.92. The maximum Gasteiger partial charge on any atom is 0.269 e. The number of amides is 1. The predicted molar refractivity (Wildman–Crippen MR) is 102 cm³/mol. The summed E-state index contributed by atoms with van der Waals surface area (Å²) in [5.41, 5.74) is 3.41. The molecule has 6 heteroatoms. The molecule has 25 heavy (non-hydrogen) atoms. The normalized spacial score (nSPS) is 11.8. The fourth-order valence-electron chi connectivity index (χ4n) is 2.38. The lowest BCUT2D eigenvalue weighted by atomic mass is 10.1. The summed E-state index contributed by atoms with van der Waals surface area (Å²) < 4.78 is 0. The molecule has 0 spiro atoms. The van der Waals surface area contributed by atoms with Crippen molar-refractivity contribution in [3.05, 3.63) is 75.3 Å². The molecule has 0 aliphatic heterocycles. The number of non-ortho nitro benzene ring substituents is 1. The summed E-state index contributed by atoms with van der Waals surface area (Å²) in [6.07, 6.45) is 1.00. The number of hydrogen-bond donors (Lipinski definition) is 1. The molecule has 0 aromatic heterocycles. The zero-order valence-corrected chi connectivity index (χ0v) is 15.2. The Kier molecular flexibility index (Phi) is 7.01. The van der Waals surface area contributed by atoms with Crippen molar-refractivity contribution >= 4 is 23.4 Å². The Bertz CT molecular complexity index is 714. The first-order valence-corrected chi connectivity index (χ1v) is 9.34. The lowest BCUT2D eigenvalue weighted by Crippen LogP contribution is -2.28. The standard InChI is InChI=1S/C19H22N2O3S/c1-3-15-4-8-17(9-5-15)14(2)20-19(22)13-25-12-16-6-10-18(11-7-16)21(23)24/h4-11,14H,3,12-13H2,1-2H3,(H,20,22). The molecule has 0 saturated carbocycles. The Morgan fingerprint density at radius 2 is 1.72 bits per heavy atom. The van der Waals surface area contributed by atoms with Gasteiger partial charge in [-0.15, -0.1) is 11.8 Å². The molecule has 0 aliphatic rings. The molecule has 2 rings (SSSR count). The largest absolute Gasteiger partial charge is 0.349 e. The van der Waals surface area contributed by atoms with Crippen LogP contribution in [-0.4, -0.2) is 16.6 Å². The average molecular weight is 358 g/mol. The first-order chi connectivity index (χ1) is 12.0. The highest BCUT2D eigenvalue weighted by Gasteiger charge is 2.10. The van der Waals surface area contributed by atoms with Crippen molar-refractivity contribution in [3.63, 3.8) is 0 Å². The Morgan fingerprint density at radius 3 is 2.28 bits per heavy atom. The van der Waals surface area contributed by atoms with Crippen LogP contribution >= 0.6 is 11.8 Å². The third kappa shape index (κ3) is 5.90. The molecule has 132 valence electrons. The maximum atomic E-state index is 12.1. The molecule has 1 atom stereocenters. The second-order valence-corrected chi connectivity index (χ2v) is 6.79. The van der Waals surface area contributed by atoms with Crippen LogP contribution in [0.1, 0.15) is 36.6 Å². The molecule has 1 unspecified atom stereocenters. The molecular weight excluding hydrogens is 336 g/mol. The van der Waals surface area contributed by atoms with Crippen LogP contribution in [0.4, 0.5) is 5.69 Å². The number of rotatable bonds is 8. The molecule has 1 amide bonds. The number of nitro benzene ring substituents is 1. The van der Waals surface area contributed by atoms with Crippen LogP contribution < -0.4 is 5.32 Å². The number of aryl methyl sites for hydroxylation is 1. The average Bonchev–Trinajstić information content (AvgIpc) is 2.62. The fourth-order valence-corrected chi connectivity index (χ4v) is 3.18. The van der Waals surface area contributed by atoms with Gasteiger partial charge >= 0.3 is 0 Å². The van der Waals surface area contributed by atoms with Gasteiger partial charge in [-0.1, -0.05) is 43.3 Å². The van der Waals surface area contributed by atoms with Gasteiger partial charge in [0.2, 0.25) is 5.91 Å². The van der Waals surface area contributed by atoms with Gasteiger partial charge in [-0.05, 0) is 30.0 Å². The second-order valence-electron chi connectivity index (χ2n) is 5.80. The monoisotopic (exact) mass is 358 g/mol. The first-order valence-electron chi connectivity index (χ1n) is 8.19. The van der Waals surface area contributed by atoms with Gasteiger partial charge in [0.05, 0.1) is 16.7 Å². The number of thioether (sulfide) groups is 1. The maximum absolute atomic E-state index is 12.1. The summed E-state index contributed by atoms with van der Waals surface area (Å²) in [4.78, 5) is 22.3. The van der Waals surface area contributed by atoms with Crippen molar-refractivity contribution in [3.8, 4) is 0 Å². The second kappa shape index (κ2) is 9.22. The molecule has 0 aliphatic carbocycles. The quantitative estimate of drug-likeness (QED) is 0.565. The molecule has 0 saturated heterocycles. The van der Waals surface area contributed by atoms with E-state index in [9.17, 15) is 14.9 Å². The van der Waals surface area contributed by atoms with E-state index in [0.717, 1.165) is 17.5 Å². The zero-order valence-electron chi connectivity index (χ0n) is 14.4. The Labute approximate surface area is 152 Å². The lowest BCUT2D eigenvalue weighted by molar-refractivity contribution is -0.384. The van der Waals surface area contributed by atoms with Crippen molar-refractivity contribution < 1.29 is 9.72 Å². The van der Waals surface area contributed by atoms with Crippen molar-refractivity contribution in [1.29, 1.82) is 0 Å². The van der Waals surface area contributed by atoms with Crippen LogP contribution in [0.2, 0.25) is 0 Å². The van der Waals surface area contributed by atoms with Crippen LogP contribution in [0, 0.1) is 10.1 Å². The van der Waals surface area contributed by atoms with E-state index in [0.29, 0.717) is 11.5 Å². The van der Waals surface area contributed by atoms with Gasteiger partial charge in [-0.3, -0.25) is 14.9 Å². The summed E-state index contributed by atoms with van der Waals surface area (Å²) in [6, 6.07) is 14.7. The summed E-state index contributed by atoms with van der Waals surface area (Å²) in [7, 11) is 0. The van der Waals surface area contributed by atoms with E-state index in [1.807, 2.05) is 19.1 Å². The number of nitrogens with one attached hydrogen (secondary N) is 1. The first kappa shape index (κ1) is 19.0. The number of carbonyl (C=O) groups excluding carboxylic acids is 1. The minimum atomic E-state index is -0.418. The van der Waals surface area contributed by atoms with Crippen LogP contribution in [0.15, 0.2) is 48.5 Å². The molecule has 2 aromatic carbocycles. The highest BCUT2D eigenvalue weighted by atomic mass is 32.2. The summed E-state index contributed by atoms with van der Waals surface area (Å²) >= 11 is 1.49. The van der Waals surface area contributed by atoms with Gasteiger partial charge in [0.25, 0.3) is 5.69 Å². The van der Waals surface area contributed by atoms with E-state index in [2.05, 4.69) is 24.4 Å². The highest BCUT2D eigenvalue weighted by Crippen LogP contribution is 2.18. The number of hydrogen-bond acceptors (Lipinski definition) is 4. The number of benzene rings is 2. The topological polar surface area (TPSA) is 72.2 Å². The Morgan fingerprint density at radius 1 is 1.12 bits per heavy atom. The smallest absolute Gasteiger partial charge is 0.269 e. The molecule has 0 radical (unpaired) electrons. The van der Waals surface area contributed by atoms with Crippen molar-refractivity contribution in [1.82, 2.24) is 5.32 Å². The van der Waals surface area contributed by atoms with Crippen molar-refractivity contribution in [2.24, 2.45) is 0 Å². The third-order valence-electron chi connectivity index (χ3n) is 3.91. The van der Waals surface area contributed by atoms with E-state index < -0.39 is 4.92 Å². The van der Waals surface area contributed by atoms with Crippen LogP contribution in [0.5, 0.6) is 0 Å². The molecule has 5 nitrogen and oxygen atoms in total. The molecule has 0 fully saturated rings. The Balaban J connectivity index is 1.76. The fraction of sp³-hybridized carbons (Fsp3) is 0.316. The van der Waals surface area contributed by atoms with Gasteiger partial charge in [0.1, 0.15) is 0 Å². The summed E-state index contributed by atoms with van der Waals surface area (Å²) in [5.74, 6) is 0.985. The van der Waals surface area contributed by atoms with E-state index in [1.54, 1.807) is 12.1 Å². The molecule has 2 aromatic rings. The predicted octanol–water partition coefficient (Wildman–Crippen LogP) is 4.27. The minimum Gasteiger partial charge on any atom is -0.349 e. The molecule has 1 N–H and O–H groups in total. The molecule has 0 bridgehead atoms. The van der Waals surface area contributed by atoms with Gasteiger partial charge in [-0.25, -0.2) is 0 Å². The van der Waals surface area contributed by atoms with Crippen LogP contribution in [0.3, 0.4) is 0 Å². The summed E-state index contributed by atoms with van der Waals surface area (Å²) in [6.45, 7) is 4.09. The molecular formula is C19H22N2O3S. The van der Waals surface area contributed by atoms with Gasteiger partial charge in [0, 0.05) is 17.9 Å². The van der Waals surface area contributed by atoms with E-state index >= 15 is 0 Å². The van der Waals surface area contributed by atoms with Crippen LogP contribution in [-0.2, 0) is 17.0 Å². The minimum absolute atomic E-state index is 0.0148. The van der Waals surface area contributed by atoms with Crippen molar-refractivity contribution in [2.75, 3.05) is 5.75 Å². The number of nitrogens with zero attached hydrogens (tertiary/aromatic N) is 1. The number of nitro groups is 1. The highest BCUT2D eigenvalue weighted by molar-refractivity contribution is 7.99. The van der Waals surface area contributed by atoms with Crippen LogP contribution in [0.25, 0.3) is 0 Å². The van der Waals surface area contributed by atoms with Crippen molar-refractivity contribution in [2.45, 2.75) is 32.1 Å². The zero-order chi connectivity index (χ0) is 18.2. The van der Waals surface area contributed by atoms with E-state index in [-0.39, 0.29) is 17.6 Å². The summed E-state index contributed by atoms with van der Waals surface area (Å²) in [5, 5.41) is 13.6. The number of carbonyl (C=O) groups is 1. The van der Waals surface area contributed by atoms with E-state index in [1.165, 1.54) is 29.5 Å². The molecule has 0 heterocycles. The van der Waals surface area contributed by atoms with Gasteiger partial charge < -0.3 is 5.32 Å².